The first kappa shape index (κ1) is 62.3. The lowest BCUT2D eigenvalue weighted by molar-refractivity contribution is -0.172. The molecular formula is C60H63F2N11O16. The Balaban J connectivity index is 0.619. The molecule has 4 aliphatic heterocycles. The van der Waals surface area contributed by atoms with E-state index in [1.165, 1.54) is 47.6 Å². The zero-order chi connectivity index (χ0) is 63.6. The number of cyclic esters (lactones) is 2. The standard InChI is InChI=1S/C60H63F2N11O16/c1-5-59(84)37-17-43-53-33(25-72(43)55(80)35(37)27-88-57(59)82)31(29-15-45(86-3)39(61)19-41(29)70-53)21-66-51(78)23-68-49(76)9-7-47(74)64-13-11-63-12-14-65-48(75)8-10-50(77)69-24-52(79)67-22-32-30-16-46(87-4)40(62)20-42(30)71-54-34(32)26-73-44(54)18-38-36(56(73)81)28-89-58(83)60(38,85)6-2/h15-20,63,84-85H,5-14,21-28H2,1-4H3,(H,64,74)(H,65,75)(H,66,78)(H,67,79)(H,68,76)(H,69,77)/t59-,60-/m0/s1. The maximum atomic E-state index is 15.1. The molecule has 89 heavy (non-hydrogen) atoms. The summed E-state index contributed by atoms with van der Waals surface area (Å²) in [4.78, 5) is 139. The van der Waals surface area contributed by atoms with Gasteiger partial charge >= 0.3 is 11.9 Å². The van der Waals surface area contributed by atoms with Crippen LogP contribution in [0.4, 0.5) is 8.78 Å². The number of fused-ring (bicyclic) bond motifs is 10. The molecule has 468 valence electrons. The van der Waals surface area contributed by atoms with E-state index in [0.29, 0.717) is 46.1 Å². The molecule has 2 atom stereocenters. The first-order valence-electron chi connectivity index (χ1n) is 28.7. The summed E-state index contributed by atoms with van der Waals surface area (Å²) in [6.07, 6.45) is -0.973. The summed E-state index contributed by atoms with van der Waals surface area (Å²) >= 11 is 0. The zero-order valence-electron chi connectivity index (χ0n) is 48.8. The maximum absolute atomic E-state index is 15.1. The number of aliphatic hydroxyl groups is 2. The molecule has 27 nitrogen and oxygen atoms in total. The first-order chi connectivity index (χ1) is 42.6. The SMILES string of the molecule is CC[C@@]1(O)C(=O)OCc2c1cc1n(c2=O)Cc2c-1nc1cc(F)c(OC)cc1c2CNC(=O)CNC(=O)CCC(=O)NCCNCCNC(=O)CCC(=O)NCC(=O)NCc1c2c(nc3cc(F)c(OC)cc13)-c1cc3c(c(=O)n1C2)COC(=O)[C@]3(O)CC. The van der Waals surface area contributed by atoms with Crippen LogP contribution >= 0.6 is 0 Å². The average molecular weight is 1230 g/mol. The van der Waals surface area contributed by atoms with Gasteiger partial charge in [-0.3, -0.25) is 38.4 Å². The van der Waals surface area contributed by atoms with Crippen molar-refractivity contribution in [2.75, 3.05) is 53.5 Å². The Morgan fingerprint density at radius 2 is 0.921 bits per heavy atom. The van der Waals surface area contributed by atoms with E-state index in [-0.39, 0.29) is 159 Å². The number of methoxy groups -OCH3 is 2. The summed E-state index contributed by atoms with van der Waals surface area (Å²) in [5.74, 6) is -6.62. The number of aromatic nitrogens is 4. The Hall–Kier alpha value is -9.74. The molecule has 0 unspecified atom stereocenters. The first-order valence-corrected chi connectivity index (χ1v) is 28.7. The van der Waals surface area contributed by atoms with Crippen LogP contribution in [0.15, 0.2) is 46.0 Å². The molecule has 0 bridgehead atoms. The minimum atomic E-state index is -2.07. The van der Waals surface area contributed by atoms with E-state index in [2.05, 4.69) is 47.2 Å². The average Bonchev–Trinajstić information content (AvgIpc) is 1.65. The normalized spacial score (nSPS) is 16.6. The highest BCUT2D eigenvalue weighted by Gasteiger charge is 2.47. The lowest BCUT2D eigenvalue weighted by Crippen LogP contribution is -2.44. The largest absolute Gasteiger partial charge is 0.494 e. The number of benzene rings is 2. The van der Waals surface area contributed by atoms with Crippen LogP contribution in [-0.4, -0.2) is 130 Å². The topological polar surface area (TPSA) is 368 Å². The van der Waals surface area contributed by atoms with Crippen LogP contribution in [0, 0.1) is 11.6 Å². The molecule has 0 spiro atoms. The summed E-state index contributed by atoms with van der Waals surface area (Å²) < 4.78 is 53.7. The number of nitrogens with zero attached hydrogens (tertiary/aromatic N) is 4. The predicted molar refractivity (Wildman–Crippen MR) is 309 cm³/mol. The third-order valence-electron chi connectivity index (χ3n) is 16.4. The summed E-state index contributed by atoms with van der Waals surface area (Å²) in [7, 11) is 2.58. The number of halogens is 2. The van der Waals surface area contributed by atoms with Crippen LogP contribution in [0.5, 0.6) is 11.5 Å². The van der Waals surface area contributed by atoms with Crippen molar-refractivity contribution in [3.05, 3.63) is 113 Å². The molecule has 6 amide bonds. The Labute approximate surface area is 504 Å². The van der Waals surface area contributed by atoms with Gasteiger partial charge in [-0.1, -0.05) is 13.8 Å². The third kappa shape index (κ3) is 12.1. The molecule has 4 aromatic heterocycles. The summed E-state index contributed by atoms with van der Waals surface area (Å²) in [6.45, 7) is 2.25. The van der Waals surface area contributed by atoms with E-state index >= 15 is 8.78 Å². The molecule has 10 rings (SSSR count). The molecule has 8 heterocycles. The van der Waals surface area contributed by atoms with Gasteiger partial charge in [0.1, 0.15) is 13.2 Å². The van der Waals surface area contributed by atoms with Gasteiger partial charge < -0.3 is 75.5 Å². The fourth-order valence-corrected chi connectivity index (χ4v) is 11.4. The van der Waals surface area contributed by atoms with Crippen molar-refractivity contribution in [2.24, 2.45) is 0 Å². The smallest absolute Gasteiger partial charge is 0.343 e. The molecule has 0 saturated heterocycles. The highest BCUT2D eigenvalue weighted by atomic mass is 19.1. The minimum Gasteiger partial charge on any atom is -0.494 e. The number of hydrogen-bond acceptors (Lipinski definition) is 19. The quantitative estimate of drug-likeness (QED) is 0.0290. The van der Waals surface area contributed by atoms with Gasteiger partial charge in [0.25, 0.3) is 11.1 Å². The number of hydrogen-bond donors (Lipinski definition) is 9. The van der Waals surface area contributed by atoms with Gasteiger partial charge in [0.2, 0.25) is 35.4 Å². The Bertz CT molecular complexity index is 3860. The van der Waals surface area contributed by atoms with Gasteiger partial charge in [-0.15, -0.1) is 0 Å². The van der Waals surface area contributed by atoms with E-state index in [4.69, 9.17) is 18.9 Å². The number of carbonyl (C=O) groups excluding carboxylic acids is 8. The number of carbonyl (C=O) groups is 8. The molecule has 9 N–H and O–H groups in total. The molecule has 0 radical (unpaired) electrons. The van der Waals surface area contributed by atoms with E-state index in [1.807, 2.05) is 0 Å². The van der Waals surface area contributed by atoms with Gasteiger partial charge in [0.15, 0.2) is 34.3 Å². The Morgan fingerprint density at radius 1 is 0.539 bits per heavy atom. The second-order valence-electron chi connectivity index (χ2n) is 21.6. The maximum Gasteiger partial charge on any atom is 0.343 e. The van der Waals surface area contributed by atoms with Crippen LogP contribution in [0.3, 0.4) is 0 Å². The van der Waals surface area contributed by atoms with Crippen molar-refractivity contribution in [1.82, 2.24) is 56.3 Å². The molecule has 6 aromatic rings. The van der Waals surface area contributed by atoms with Crippen molar-refractivity contribution >= 4 is 69.2 Å². The van der Waals surface area contributed by atoms with Crippen LogP contribution in [0.1, 0.15) is 96.9 Å². The number of ether oxygens (including phenoxy) is 4. The molecule has 29 heteroatoms. The van der Waals surface area contributed by atoms with E-state index in [1.54, 1.807) is 13.8 Å². The highest BCUT2D eigenvalue weighted by Crippen LogP contribution is 2.43. The monoisotopic (exact) mass is 1230 g/mol. The van der Waals surface area contributed by atoms with Crippen molar-refractivity contribution < 1.29 is 76.3 Å². The van der Waals surface area contributed by atoms with Crippen LogP contribution in [0.25, 0.3) is 44.6 Å². The minimum absolute atomic E-state index is 0.0101. The molecule has 0 saturated carbocycles. The summed E-state index contributed by atoms with van der Waals surface area (Å²) in [5, 5.41) is 42.2. The fourth-order valence-electron chi connectivity index (χ4n) is 11.4. The van der Waals surface area contributed by atoms with Crippen LogP contribution < -0.4 is 57.8 Å². The molecular weight excluding hydrogens is 1170 g/mol. The number of pyridine rings is 4. The summed E-state index contributed by atoms with van der Waals surface area (Å²) in [5.41, 5.74) is -1.32. The van der Waals surface area contributed by atoms with Gasteiger partial charge in [-0.25, -0.2) is 28.3 Å². The van der Waals surface area contributed by atoms with Crippen molar-refractivity contribution in [1.29, 1.82) is 0 Å². The number of nitrogens with one attached hydrogen (secondary N) is 7. The number of rotatable bonds is 24. The molecule has 0 aliphatic carbocycles. The van der Waals surface area contributed by atoms with Crippen molar-refractivity contribution in [3.8, 4) is 34.3 Å². The van der Waals surface area contributed by atoms with Crippen LogP contribution in [-0.2, 0) is 98.4 Å². The number of esters is 2. The fraction of sp³-hybridized carbons (Fsp3) is 0.400. The van der Waals surface area contributed by atoms with E-state index < -0.39 is 94.4 Å². The Kier molecular flexibility index (Phi) is 17.9. The van der Waals surface area contributed by atoms with Crippen LogP contribution in [0.2, 0.25) is 0 Å². The van der Waals surface area contributed by atoms with E-state index in [9.17, 15) is 58.2 Å². The van der Waals surface area contributed by atoms with E-state index in [0.717, 1.165) is 12.1 Å². The number of amides is 6. The van der Waals surface area contributed by atoms with Crippen molar-refractivity contribution in [2.45, 2.75) is 103 Å². The highest BCUT2D eigenvalue weighted by molar-refractivity contribution is 5.94. The molecule has 4 aliphatic rings. The molecule has 2 aromatic carbocycles. The van der Waals surface area contributed by atoms with Gasteiger partial charge in [-0.2, -0.15) is 0 Å². The molecule has 0 fully saturated rings. The second kappa shape index (κ2) is 25.5. The Morgan fingerprint density at radius 3 is 1.29 bits per heavy atom. The zero-order valence-corrected chi connectivity index (χ0v) is 48.8. The second-order valence-corrected chi connectivity index (χ2v) is 21.6. The third-order valence-corrected chi connectivity index (χ3v) is 16.4. The lowest BCUT2D eigenvalue weighted by atomic mass is 9.86. The van der Waals surface area contributed by atoms with Gasteiger partial charge in [0.05, 0.1) is 85.3 Å². The van der Waals surface area contributed by atoms with Gasteiger partial charge in [-0.05, 0) is 48.2 Å². The lowest BCUT2D eigenvalue weighted by Gasteiger charge is -2.31. The van der Waals surface area contributed by atoms with Gasteiger partial charge in [0, 0.05) is 110 Å². The van der Waals surface area contributed by atoms with Crippen molar-refractivity contribution in [3.63, 3.8) is 0 Å². The predicted octanol–water partition coefficient (Wildman–Crippen LogP) is 0.315. The summed E-state index contributed by atoms with van der Waals surface area (Å²) in [6, 6.07) is 8.19.